The van der Waals surface area contributed by atoms with Crippen LogP contribution in [0, 0.1) is 11.8 Å². The highest BCUT2D eigenvalue weighted by Crippen LogP contribution is 2.58. The zero-order valence-electron chi connectivity index (χ0n) is 37.0. The molecule has 6 atom stereocenters. The highest BCUT2D eigenvalue weighted by Gasteiger charge is 2.42. The van der Waals surface area contributed by atoms with Crippen molar-refractivity contribution in [2.75, 3.05) is 32.6 Å². The van der Waals surface area contributed by atoms with Crippen LogP contribution < -0.4 is 16.0 Å². The van der Waals surface area contributed by atoms with Crippen molar-refractivity contribution in [1.82, 2.24) is 30.4 Å². The van der Waals surface area contributed by atoms with E-state index in [9.17, 15) is 24.0 Å². The van der Waals surface area contributed by atoms with Crippen LogP contribution in [0.2, 0.25) is 0 Å². The molecule has 4 aromatic rings. The molecule has 2 aliphatic carbocycles. The van der Waals surface area contributed by atoms with Crippen molar-refractivity contribution < 1.29 is 33.4 Å². The molecule has 1 aromatic heterocycles. The Morgan fingerprint density at radius 2 is 1.17 bits per heavy atom. The Labute approximate surface area is 368 Å². The summed E-state index contributed by atoms with van der Waals surface area (Å²) in [5, 5.41) is 8.40. The number of amides is 5. The largest absolute Gasteiger partial charge is 0.453 e. The predicted octanol–water partition coefficient (Wildman–Crippen LogP) is 8.13. The fourth-order valence-corrected chi connectivity index (χ4v) is 10.3. The molecule has 3 fully saturated rings. The number of aromatic nitrogens is 2. The van der Waals surface area contributed by atoms with Crippen molar-refractivity contribution in [3.63, 3.8) is 0 Å². The molecule has 8 rings (SSSR count). The number of carbonyl (C=O) groups excluding carboxylic acids is 5. The Morgan fingerprint density at radius 3 is 1.73 bits per heavy atom. The number of alkyl carbamates (subject to hydrolysis) is 2. The number of nitrogens with zero attached hydrogens (tertiary/aromatic N) is 3. The molecule has 0 radical (unpaired) electrons. The van der Waals surface area contributed by atoms with Gasteiger partial charge in [0.05, 0.1) is 32.2 Å². The van der Waals surface area contributed by atoms with Crippen LogP contribution in [0.5, 0.6) is 0 Å². The van der Waals surface area contributed by atoms with Crippen molar-refractivity contribution >= 4 is 35.6 Å². The fraction of sp³-hybridized carbons (Fsp3) is 0.469. The number of carbonyl (C=O) groups is 5. The number of fused-ring (bicyclic) bond motifs is 5. The molecule has 1 saturated carbocycles. The van der Waals surface area contributed by atoms with E-state index in [0.29, 0.717) is 43.5 Å². The second-order valence-corrected chi connectivity index (χ2v) is 18.1. The van der Waals surface area contributed by atoms with Gasteiger partial charge in [0.1, 0.15) is 23.9 Å². The molecule has 14 heteroatoms. The molecule has 2 aliphatic heterocycles. The molecular formula is C49H59N7O7. The molecular weight excluding hydrogens is 799 g/mol. The zero-order valence-corrected chi connectivity index (χ0v) is 37.0. The summed E-state index contributed by atoms with van der Waals surface area (Å²) in [6, 6.07) is 18.8. The third kappa shape index (κ3) is 8.64. The van der Waals surface area contributed by atoms with Gasteiger partial charge in [0.2, 0.25) is 17.7 Å². The van der Waals surface area contributed by atoms with Gasteiger partial charge in [-0.1, -0.05) is 76.2 Å². The number of hydrogen-bond donors (Lipinski definition) is 4. The second kappa shape index (κ2) is 18.3. The second-order valence-electron chi connectivity index (χ2n) is 18.1. The first kappa shape index (κ1) is 43.5. The van der Waals surface area contributed by atoms with Gasteiger partial charge in [0.25, 0.3) is 0 Å². The first-order valence-corrected chi connectivity index (χ1v) is 22.4. The molecule has 4 aliphatic rings. The maximum atomic E-state index is 13.7. The summed E-state index contributed by atoms with van der Waals surface area (Å²) in [6.45, 7) is 8.57. The summed E-state index contributed by atoms with van der Waals surface area (Å²) in [5.74, 6) is 0.805. The van der Waals surface area contributed by atoms with Crippen LogP contribution in [0.4, 0.5) is 15.3 Å². The van der Waals surface area contributed by atoms with Crippen molar-refractivity contribution in [3.05, 3.63) is 83.8 Å². The van der Waals surface area contributed by atoms with Crippen LogP contribution in [0.15, 0.2) is 66.9 Å². The lowest BCUT2D eigenvalue weighted by Crippen LogP contribution is -2.54. The zero-order chi connectivity index (χ0) is 44.5. The molecule has 5 amide bonds. The normalized spacial score (nSPS) is 21.0. The average molecular weight is 858 g/mol. The molecule has 0 spiro atoms. The monoisotopic (exact) mass is 857 g/mol. The van der Waals surface area contributed by atoms with E-state index in [-0.39, 0.29) is 35.6 Å². The minimum absolute atomic E-state index is 0.108. The quantitative estimate of drug-likeness (QED) is 0.111. The number of methoxy groups -OCH3 is 2. The van der Waals surface area contributed by atoms with Crippen molar-refractivity contribution in [2.24, 2.45) is 11.8 Å². The number of aromatic amines is 1. The lowest BCUT2D eigenvalue weighted by molar-refractivity contribution is -0.139. The fourth-order valence-electron chi connectivity index (χ4n) is 10.3. The third-order valence-electron chi connectivity index (χ3n) is 13.6. The van der Waals surface area contributed by atoms with Crippen LogP contribution in [0.25, 0.3) is 33.5 Å². The molecule has 3 aromatic carbocycles. The summed E-state index contributed by atoms with van der Waals surface area (Å²) >= 11 is 0. The SMILES string of the molecule is COC(=O)N[C@H](C(=O)N1CCC[C@H]1C(=O)Nc1ccc(-c2ccc(-c3ccc(-c4cnc([C@@H]5CCCN5C(=O)[C@@H](NC(=O)OC)C(C)C)[nH]4)cc3)c3c2C2CCC3C2)cc1)C(C)C. The van der Waals surface area contributed by atoms with Crippen LogP contribution in [-0.4, -0.2) is 95.1 Å². The maximum absolute atomic E-state index is 13.7. The first-order valence-electron chi connectivity index (χ1n) is 22.4. The minimum atomic E-state index is -0.790. The molecule has 332 valence electrons. The molecule has 2 unspecified atom stereocenters. The number of anilines is 1. The Balaban J connectivity index is 0.965. The number of likely N-dealkylation sites (tertiary alicyclic amines) is 2. The predicted molar refractivity (Wildman–Crippen MR) is 240 cm³/mol. The third-order valence-corrected chi connectivity index (χ3v) is 13.6. The maximum Gasteiger partial charge on any atom is 0.407 e. The van der Waals surface area contributed by atoms with Gasteiger partial charge in [0.15, 0.2) is 0 Å². The van der Waals surface area contributed by atoms with Gasteiger partial charge in [-0.3, -0.25) is 14.4 Å². The molecule has 2 saturated heterocycles. The van der Waals surface area contributed by atoms with E-state index in [0.717, 1.165) is 47.5 Å². The van der Waals surface area contributed by atoms with E-state index in [2.05, 4.69) is 69.5 Å². The summed E-state index contributed by atoms with van der Waals surface area (Å²) in [5.41, 5.74) is 10.2. The Kier molecular flexibility index (Phi) is 12.6. The summed E-state index contributed by atoms with van der Waals surface area (Å²) < 4.78 is 9.52. The number of benzene rings is 3. The lowest BCUT2D eigenvalue weighted by Gasteiger charge is -2.30. The Hall–Kier alpha value is -6.18. The van der Waals surface area contributed by atoms with E-state index < -0.39 is 30.3 Å². The van der Waals surface area contributed by atoms with Crippen LogP contribution in [0.3, 0.4) is 0 Å². The first-order chi connectivity index (χ1) is 30.4. The smallest absolute Gasteiger partial charge is 0.407 e. The number of imidazole rings is 1. The van der Waals surface area contributed by atoms with E-state index in [1.54, 1.807) is 4.90 Å². The van der Waals surface area contributed by atoms with Crippen molar-refractivity contribution in [1.29, 1.82) is 0 Å². The van der Waals surface area contributed by atoms with E-state index in [4.69, 9.17) is 14.5 Å². The Morgan fingerprint density at radius 1 is 0.667 bits per heavy atom. The van der Waals surface area contributed by atoms with Crippen molar-refractivity contribution in [3.8, 4) is 33.5 Å². The number of H-pyrrole nitrogens is 1. The summed E-state index contributed by atoms with van der Waals surface area (Å²) in [6.07, 6.45) is 6.94. The van der Waals surface area contributed by atoms with Crippen LogP contribution >= 0.6 is 0 Å². The Bertz CT molecular complexity index is 2360. The lowest BCUT2D eigenvalue weighted by atomic mass is 9.81. The molecule has 14 nitrogen and oxygen atoms in total. The number of hydrogen-bond acceptors (Lipinski definition) is 8. The highest BCUT2D eigenvalue weighted by atomic mass is 16.5. The van der Waals surface area contributed by atoms with E-state index >= 15 is 0 Å². The van der Waals surface area contributed by atoms with Crippen LogP contribution in [-0.2, 0) is 23.9 Å². The van der Waals surface area contributed by atoms with Gasteiger partial charge in [-0.2, -0.15) is 0 Å². The molecule has 63 heavy (non-hydrogen) atoms. The summed E-state index contributed by atoms with van der Waals surface area (Å²) in [7, 11) is 2.56. The molecule has 2 bridgehead atoms. The molecule has 3 heterocycles. The summed E-state index contributed by atoms with van der Waals surface area (Å²) in [4.78, 5) is 76.4. The average Bonchev–Trinajstić information content (AvgIpc) is 4.16. The minimum Gasteiger partial charge on any atom is -0.453 e. The van der Waals surface area contributed by atoms with Crippen molar-refractivity contribution in [2.45, 2.75) is 109 Å². The van der Waals surface area contributed by atoms with Gasteiger partial charge >= 0.3 is 12.2 Å². The standard InChI is InChI=1S/C49H59N7O7/c1-27(2)42(53-48(60)62-5)46(58)55-23-7-9-38(55)44-50-26-37(52-44)31-13-11-29(12-14-31)35-21-22-36(41-33-16-15-32(25-33)40(35)41)30-17-19-34(20-18-30)51-45(57)39-10-8-24-56(39)47(59)43(28(3)4)54-49(61)63-6/h11-14,17-22,26-28,32-33,38-39,42-43H,7-10,15-16,23-25H2,1-6H3,(H,50,52)(H,51,57)(H,53,60)(H,54,61)/t32?,33?,38-,39-,42-,43-/m0/s1. The van der Waals surface area contributed by atoms with Gasteiger partial charge < -0.3 is 40.2 Å². The van der Waals surface area contributed by atoms with E-state index in [1.807, 2.05) is 50.9 Å². The number of rotatable bonds is 12. The van der Waals surface area contributed by atoms with Gasteiger partial charge in [-0.05, 0) is 120 Å². The number of nitrogens with one attached hydrogen (secondary N) is 4. The highest BCUT2D eigenvalue weighted by molar-refractivity contribution is 5.99. The van der Waals surface area contributed by atoms with Gasteiger partial charge in [-0.25, -0.2) is 14.6 Å². The van der Waals surface area contributed by atoms with Gasteiger partial charge in [-0.15, -0.1) is 0 Å². The topological polar surface area (TPSA) is 175 Å². The van der Waals surface area contributed by atoms with Crippen LogP contribution in [0.1, 0.15) is 107 Å². The molecule has 4 N–H and O–H groups in total. The number of ether oxygens (including phenoxy) is 2. The van der Waals surface area contributed by atoms with Gasteiger partial charge in [0, 0.05) is 18.8 Å². The van der Waals surface area contributed by atoms with E-state index in [1.165, 1.54) is 49.3 Å².